The Morgan fingerprint density at radius 2 is 2.12 bits per heavy atom. The first kappa shape index (κ1) is 9.59. The van der Waals surface area contributed by atoms with E-state index >= 15 is 0 Å². The molecule has 1 aromatic carbocycles. The Balaban J connectivity index is 2.00. The minimum atomic E-state index is 1.06. The van der Waals surface area contributed by atoms with Gasteiger partial charge in [-0.05, 0) is 23.6 Å². The number of thiophene rings is 1. The van der Waals surface area contributed by atoms with E-state index in [0.29, 0.717) is 0 Å². The van der Waals surface area contributed by atoms with Crippen molar-refractivity contribution in [2.24, 2.45) is 0 Å². The minimum Gasteiger partial charge on any atom is -0.243 e. The molecule has 0 spiro atoms. The van der Waals surface area contributed by atoms with Gasteiger partial charge in [0.2, 0.25) is 0 Å². The van der Waals surface area contributed by atoms with E-state index in [1.165, 1.54) is 4.88 Å². The predicted molar refractivity (Wildman–Crippen MR) is 68.5 cm³/mol. The van der Waals surface area contributed by atoms with E-state index in [9.17, 15) is 0 Å². The van der Waals surface area contributed by atoms with Crippen molar-refractivity contribution in [1.82, 2.24) is 4.98 Å². The van der Waals surface area contributed by atoms with Gasteiger partial charge in [-0.1, -0.05) is 24.3 Å². The molecule has 2 aromatic heterocycles. The van der Waals surface area contributed by atoms with Gasteiger partial charge in [-0.15, -0.1) is 22.7 Å². The van der Waals surface area contributed by atoms with Crippen LogP contribution in [0.2, 0.25) is 0 Å². The molecule has 0 unspecified atom stereocenters. The number of rotatable bonds is 2. The third kappa shape index (κ3) is 1.73. The third-order valence-corrected chi connectivity index (χ3v) is 4.22. The second-order valence-corrected chi connectivity index (χ2v) is 5.19. The number of aromatic nitrogens is 1. The number of thiazole rings is 1. The molecular formula is C13H7NS2. The van der Waals surface area contributed by atoms with E-state index in [0.717, 1.165) is 15.4 Å². The Morgan fingerprint density at radius 3 is 2.88 bits per heavy atom. The minimum absolute atomic E-state index is 1.06. The summed E-state index contributed by atoms with van der Waals surface area (Å²) in [6.07, 6.45) is 1.90. The van der Waals surface area contributed by atoms with Crippen LogP contribution in [0.15, 0.2) is 41.9 Å². The Hall–Kier alpha value is -1.63. The van der Waals surface area contributed by atoms with Crippen molar-refractivity contribution >= 4 is 22.7 Å². The lowest BCUT2D eigenvalue weighted by Crippen LogP contribution is -1.65. The molecule has 0 aliphatic rings. The van der Waals surface area contributed by atoms with Crippen molar-refractivity contribution in [3.05, 3.63) is 54.0 Å². The molecule has 0 aliphatic heterocycles. The summed E-state index contributed by atoms with van der Waals surface area (Å²) in [7, 11) is 0. The molecule has 0 saturated carbocycles. The van der Waals surface area contributed by atoms with Crippen LogP contribution in [-0.4, -0.2) is 4.98 Å². The summed E-state index contributed by atoms with van der Waals surface area (Å²) in [6.45, 7) is 0. The van der Waals surface area contributed by atoms with Crippen LogP contribution in [0.1, 0.15) is 0 Å². The second kappa shape index (κ2) is 4.09. The topological polar surface area (TPSA) is 12.9 Å². The molecule has 3 aromatic rings. The van der Waals surface area contributed by atoms with Crippen LogP contribution < -0.4 is 0 Å². The molecule has 0 amide bonds. The van der Waals surface area contributed by atoms with Gasteiger partial charge in [0.25, 0.3) is 0 Å². The van der Waals surface area contributed by atoms with Crippen LogP contribution >= 0.6 is 22.7 Å². The SMILES string of the molecule is c1cccc(-c2cnc(-c3cccs3)s2)c#1. The normalized spacial score (nSPS) is 10.0. The van der Waals surface area contributed by atoms with E-state index < -0.39 is 0 Å². The molecule has 0 radical (unpaired) electrons. The lowest BCUT2D eigenvalue weighted by Gasteiger charge is -1.89. The van der Waals surface area contributed by atoms with E-state index in [4.69, 9.17) is 0 Å². The fourth-order valence-electron chi connectivity index (χ4n) is 1.41. The number of hydrogen-bond donors (Lipinski definition) is 0. The Bertz CT molecular complexity index is 567. The number of nitrogens with zero attached hydrogens (tertiary/aromatic N) is 1. The van der Waals surface area contributed by atoms with Gasteiger partial charge < -0.3 is 0 Å². The van der Waals surface area contributed by atoms with Crippen LogP contribution in [-0.2, 0) is 0 Å². The molecule has 0 N–H and O–H groups in total. The summed E-state index contributed by atoms with van der Waals surface area (Å²) in [5.41, 5.74) is 1.06. The van der Waals surface area contributed by atoms with Gasteiger partial charge in [0, 0.05) is 11.8 Å². The van der Waals surface area contributed by atoms with Crippen LogP contribution in [0.25, 0.3) is 20.3 Å². The van der Waals surface area contributed by atoms with E-state index in [2.05, 4.69) is 28.6 Å². The maximum atomic E-state index is 4.43. The predicted octanol–water partition coefficient (Wildman–Crippen LogP) is 4.14. The molecule has 3 rings (SSSR count). The molecule has 0 bridgehead atoms. The number of hydrogen-bond acceptors (Lipinski definition) is 3. The summed E-state index contributed by atoms with van der Waals surface area (Å²) < 4.78 is 0. The summed E-state index contributed by atoms with van der Waals surface area (Å²) in [5, 5.41) is 3.14. The molecule has 16 heavy (non-hydrogen) atoms. The molecule has 2 heterocycles. The van der Waals surface area contributed by atoms with Crippen molar-refractivity contribution in [2.45, 2.75) is 0 Å². The highest BCUT2D eigenvalue weighted by atomic mass is 32.1. The van der Waals surface area contributed by atoms with E-state index in [-0.39, 0.29) is 0 Å². The zero-order chi connectivity index (χ0) is 10.8. The Kier molecular flexibility index (Phi) is 2.45. The van der Waals surface area contributed by atoms with Gasteiger partial charge >= 0.3 is 0 Å². The van der Waals surface area contributed by atoms with Crippen molar-refractivity contribution < 1.29 is 0 Å². The van der Waals surface area contributed by atoms with Gasteiger partial charge in [-0.3, -0.25) is 0 Å². The smallest absolute Gasteiger partial charge is 0.133 e. The van der Waals surface area contributed by atoms with Crippen LogP contribution in [0.3, 0.4) is 0 Å². The van der Waals surface area contributed by atoms with Crippen molar-refractivity contribution in [1.29, 1.82) is 0 Å². The van der Waals surface area contributed by atoms with Gasteiger partial charge in [0.1, 0.15) is 5.01 Å². The van der Waals surface area contributed by atoms with Crippen LogP contribution in [0.5, 0.6) is 0 Å². The van der Waals surface area contributed by atoms with E-state index in [1.54, 1.807) is 22.7 Å². The third-order valence-electron chi connectivity index (χ3n) is 2.15. The van der Waals surface area contributed by atoms with Gasteiger partial charge in [0.15, 0.2) is 0 Å². The fraction of sp³-hybridized carbons (Fsp3) is 0. The van der Waals surface area contributed by atoms with Crippen molar-refractivity contribution in [3.8, 4) is 20.3 Å². The van der Waals surface area contributed by atoms with Gasteiger partial charge in [0.05, 0.1) is 9.75 Å². The molecule has 0 aliphatic carbocycles. The first-order chi connectivity index (χ1) is 7.93. The standard InChI is InChI=1S/C13H7NS2/c1-2-5-10(6-3-1)12-9-14-13(16-12)11-7-4-8-15-11/h1-2,4-5,7-9H. The zero-order valence-electron chi connectivity index (χ0n) is 8.31. The largest absolute Gasteiger partial charge is 0.243 e. The highest BCUT2D eigenvalue weighted by Gasteiger charge is 2.06. The van der Waals surface area contributed by atoms with Gasteiger partial charge in [-0.25, -0.2) is 4.98 Å². The second-order valence-electron chi connectivity index (χ2n) is 3.22. The molecule has 0 atom stereocenters. The molecular weight excluding hydrogens is 234 g/mol. The van der Waals surface area contributed by atoms with Crippen molar-refractivity contribution in [3.63, 3.8) is 0 Å². The van der Waals surface area contributed by atoms with Crippen molar-refractivity contribution in [2.75, 3.05) is 0 Å². The fourth-order valence-corrected chi connectivity index (χ4v) is 3.11. The molecule has 0 fully saturated rings. The van der Waals surface area contributed by atoms with Crippen LogP contribution in [0.4, 0.5) is 0 Å². The molecule has 76 valence electrons. The highest BCUT2D eigenvalue weighted by Crippen LogP contribution is 2.33. The lowest BCUT2D eigenvalue weighted by atomic mass is 10.2. The molecule has 3 heteroatoms. The highest BCUT2D eigenvalue weighted by molar-refractivity contribution is 7.22. The first-order valence-electron chi connectivity index (χ1n) is 4.82. The average molecular weight is 241 g/mol. The summed E-state index contributed by atoms with van der Waals surface area (Å²) in [4.78, 5) is 6.79. The maximum Gasteiger partial charge on any atom is 0.133 e. The van der Waals surface area contributed by atoms with E-state index in [1.807, 2.05) is 30.5 Å². The molecule has 1 nitrogen and oxygen atoms in total. The summed E-state index contributed by atoms with van der Waals surface area (Å²) in [5.74, 6) is 0. The van der Waals surface area contributed by atoms with Crippen LogP contribution in [0, 0.1) is 12.1 Å². The Morgan fingerprint density at radius 1 is 1.12 bits per heavy atom. The summed E-state index contributed by atoms with van der Waals surface area (Å²) >= 11 is 3.41. The summed E-state index contributed by atoms with van der Waals surface area (Å²) in [6, 6.07) is 16.0. The first-order valence-corrected chi connectivity index (χ1v) is 6.51. The van der Waals surface area contributed by atoms with Gasteiger partial charge in [-0.2, -0.15) is 0 Å². The Labute approximate surface area is 102 Å². The maximum absolute atomic E-state index is 4.43. The quantitative estimate of drug-likeness (QED) is 0.657. The zero-order valence-corrected chi connectivity index (χ0v) is 9.94. The molecule has 0 saturated heterocycles. The monoisotopic (exact) mass is 241 g/mol. The average Bonchev–Trinajstić information content (AvgIpc) is 3.01. The lowest BCUT2D eigenvalue weighted by molar-refractivity contribution is 1.43.